The molecule has 0 atom stereocenters. The molecule has 6 heteroatoms. The van der Waals surface area contributed by atoms with Crippen LogP contribution < -0.4 is 15.0 Å². The second-order valence-electron chi connectivity index (χ2n) is 3.93. The van der Waals surface area contributed by atoms with Crippen molar-refractivity contribution < 1.29 is 19.4 Å². The second-order valence-corrected chi connectivity index (χ2v) is 3.93. The van der Waals surface area contributed by atoms with Gasteiger partial charge in [-0.2, -0.15) is 0 Å². The highest BCUT2D eigenvalue weighted by Crippen LogP contribution is 2.34. The Labute approximate surface area is 110 Å². The fourth-order valence-corrected chi connectivity index (χ4v) is 1.88. The van der Waals surface area contributed by atoms with Gasteiger partial charge in [-0.25, -0.2) is 9.59 Å². The zero-order chi connectivity index (χ0) is 13.8. The van der Waals surface area contributed by atoms with Crippen molar-refractivity contribution in [2.24, 2.45) is 0 Å². The number of rotatable bonds is 3. The number of carbonyl (C=O) groups is 2. The molecular weight excluding hydrogens is 248 g/mol. The third-order valence-corrected chi connectivity index (χ3v) is 2.72. The first-order valence-corrected chi connectivity index (χ1v) is 5.80. The van der Waals surface area contributed by atoms with Crippen LogP contribution >= 0.6 is 0 Å². The highest BCUT2D eigenvalue weighted by molar-refractivity contribution is 5.99. The standard InChI is InChI=1S/C13H14N2O4/c1-2-6-14-13(18)15-7-8-19-11-9(12(16)17)4-3-5-10(11)15/h2-5H,1,6-8H2,(H,14,18)(H,16,17). The van der Waals surface area contributed by atoms with Crippen molar-refractivity contribution in [3.63, 3.8) is 0 Å². The fraction of sp³-hybridized carbons (Fsp3) is 0.231. The van der Waals surface area contributed by atoms with Crippen LogP contribution in [0.2, 0.25) is 0 Å². The summed E-state index contributed by atoms with van der Waals surface area (Å²) in [6.45, 7) is 4.51. The highest BCUT2D eigenvalue weighted by Gasteiger charge is 2.27. The molecule has 6 nitrogen and oxygen atoms in total. The number of carboxylic acid groups (broad SMARTS) is 1. The number of nitrogens with zero attached hydrogens (tertiary/aromatic N) is 1. The smallest absolute Gasteiger partial charge is 0.339 e. The lowest BCUT2D eigenvalue weighted by Crippen LogP contribution is -2.44. The number of hydrogen-bond acceptors (Lipinski definition) is 3. The number of hydrogen-bond donors (Lipinski definition) is 2. The van der Waals surface area contributed by atoms with Gasteiger partial charge >= 0.3 is 12.0 Å². The van der Waals surface area contributed by atoms with Gasteiger partial charge in [-0.1, -0.05) is 12.1 Å². The van der Waals surface area contributed by atoms with E-state index in [1.807, 2.05) is 0 Å². The molecule has 0 unspecified atom stereocenters. The molecule has 0 aromatic heterocycles. The Morgan fingerprint density at radius 3 is 3.00 bits per heavy atom. The van der Waals surface area contributed by atoms with E-state index in [-0.39, 0.29) is 24.0 Å². The van der Waals surface area contributed by atoms with Crippen molar-refractivity contribution in [1.82, 2.24) is 5.32 Å². The van der Waals surface area contributed by atoms with Crippen molar-refractivity contribution >= 4 is 17.7 Å². The number of urea groups is 1. The molecule has 1 aromatic carbocycles. The van der Waals surface area contributed by atoms with Gasteiger partial charge < -0.3 is 15.2 Å². The van der Waals surface area contributed by atoms with Crippen LogP contribution in [-0.2, 0) is 0 Å². The lowest BCUT2D eigenvalue weighted by Gasteiger charge is -2.30. The molecule has 1 aliphatic heterocycles. The van der Waals surface area contributed by atoms with Crippen LogP contribution in [0.15, 0.2) is 30.9 Å². The second kappa shape index (κ2) is 5.43. The molecular formula is C13H14N2O4. The number of fused-ring (bicyclic) bond motifs is 1. The van der Waals surface area contributed by atoms with Gasteiger partial charge in [0, 0.05) is 6.54 Å². The summed E-state index contributed by atoms with van der Waals surface area (Å²) in [7, 11) is 0. The van der Waals surface area contributed by atoms with Gasteiger partial charge in [0.05, 0.1) is 12.2 Å². The van der Waals surface area contributed by atoms with Crippen LogP contribution in [0, 0.1) is 0 Å². The molecule has 0 radical (unpaired) electrons. The number of amides is 2. The molecule has 0 aliphatic carbocycles. The summed E-state index contributed by atoms with van der Waals surface area (Å²) >= 11 is 0. The first-order valence-electron chi connectivity index (χ1n) is 5.80. The predicted octanol–water partition coefficient (Wildman–Crippen LogP) is 1.48. The van der Waals surface area contributed by atoms with Crippen LogP contribution in [-0.4, -0.2) is 36.8 Å². The third kappa shape index (κ3) is 2.52. The topological polar surface area (TPSA) is 78.9 Å². The van der Waals surface area contributed by atoms with E-state index in [9.17, 15) is 9.59 Å². The van der Waals surface area contributed by atoms with E-state index in [0.29, 0.717) is 18.8 Å². The maximum Gasteiger partial charge on any atom is 0.339 e. The molecule has 0 fully saturated rings. The Kier molecular flexibility index (Phi) is 3.70. The number of nitrogens with one attached hydrogen (secondary N) is 1. The highest BCUT2D eigenvalue weighted by atomic mass is 16.5. The number of ether oxygens (including phenoxy) is 1. The molecule has 19 heavy (non-hydrogen) atoms. The van der Waals surface area contributed by atoms with Gasteiger partial charge in [0.15, 0.2) is 5.75 Å². The van der Waals surface area contributed by atoms with Crippen molar-refractivity contribution in [1.29, 1.82) is 0 Å². The average molecular weight is 262 g/mol. The predicted molar refractivity (Wildman–Crippen MR) is 69.8 cm³/mol. The number of aromatic carboxylic acids is 1. The van der Waals surface area contributed by atoms with Crippen LogP contribution in [0.1, 0.15) is 10.4 Å². The third-order valence-electron chi connectivity index (χ3n) is 2.72. The summed E-state index contributed by atoms with van der Waals surface area (Å²) in [6, 6.07) is 4.40. The summed E-state index contributed by atoms with van der Waals surface area (Å²) in [5.74, 6) is -0.847. The summed E-state index contributed by atoms with van der Waals surface area (Å²) in [4.78, 5) is 24.5. The molecule has 0 saturated heterocycles. The largest absolute Gasteiger partial charge is 0.489 e. The molecule has 100 valence electrons. The molecule has 0 spiro atoms. The van der Waals surface area contributed by atoms with Gasteiger partial charge in [-0.05, 0) is 12.1 Å². The number of carbonyl (C=O) groups excluding carboxylic acids is 1. The molecule has 2 amide bonds. The normalized spacial score (nSPS) is 13.2. The minimum Gasteiger partial charge on any atom is -0.489 e. The van der Waals surface area contributed by atoms with Gasteiger partial charge in [0.2, 0.25) is 0 Å². The van der Waals surface area contributed by atoms with E-state index in [2.05, 4.69) is 11.9 Å². The Balaban J connectivity index is 2.34. The van der Waals surface area contributed by atoms with Crippen LogP contribution in [0.3, 0.4) is 0 Å². The molecule has 2 N–H and O–H groups in total. The molecule has 1 aromatic rings. The van der Waals surface area contributed by atoms with E-state index in [0.717, 1.165) is 0 Å². The molecule has 1 aliphatic rings. The van der Waals surface area contributed by atoms with Crippen molar-refractivity contribution in [2.75, 3.05) is 24.6 Å². The van der Waals surface area contributed by atoms with Crippen molar-refractivity contribution in [3.05, 3.63) is 36.4 Å². The summed E-state index contributed by atoms with van der Waals surface area (Å²) in [5, 5.41) is 11.8. The lowest BCUT2D eigenvalue weighted by atomic mass is 10.1. The Morgan fingerprint density at radius 2 is 2.32 bits per heavy atom. The maximum absolute atomic E-state index is 12.0. The summed E-state index contributed by atoms with van der Waals surface area (Å²) < 4.78 is 5.38. The van der Waals surface area contributed by atoms with E-state index >= 15 is 0 Å². The minimum atomic E-state index is -1.08. The van der Waals surface area contributed by atoms with Crippen LogP contribution in [0.5, 0.6) is 5.75 Å². The Hall–Kier alpha value is -2.50. The summed E-state index contributed by atoms with van der Waals surface area (Å²) in [6.07, 6.45) is 1.58. The zero-order valence-electron chi connectivity index (χ0n) is 10.3. The molecule has 0 bridgehead atoms. The van der Waals surface area contributed by atoms with E-state index in [1.165, 1.54) is 11.0 Å². The molecule has 0 saturated carbocycles. The van der Waals surface area contributed by atoms with E-state index < -0.39 is 5.97 Å². The number of anilines is 1. The van der Waals surface area contributed by atoms with Gasteiger partial charge in [-0.3, -0.25) is 4.90 Å². The SMILES string of the molecule is C=CCNC(=O)N1CCOc2c(C(=O)O)cccc21. The first kappa shape index (κ1) is 12.9. The zero-order valence-corrected chi connectivity index (χ0v) is 10.3. The number of carboxylic acids is 1. The van der Waals surface area contributed by atoms with E-state index in [1.54, 1.807) is 18.2 Å². The van der Waals surface area contributed by atoms with Crippen molar-refractivity contribution in [3.8, 4) is 5.75 Å². The number of para-hydroxylation sites is 1. The van der Waals surface area contributed by atoms with E-state index in [4.69, 9.17) is 9.84 Å². The first-order chi connectivity index (χ1) is 9.15. The van der Waals surface area contributed by atoms with Gasteiger partial charge in [0.25, 0.3) is 0 Å². The lowest BCUT2D eigenvalue weighted by molar-refractivity contribution is 0.0692. The average Bonchev–Trinajstić information content (AvgIpc) is 2.43. The monoisotopic (exact) mass is 262 g/mol. The van der Waals surface area contributed by atoms with Crippen molar-refractivity contribution in [2.45, 2.75) is 0 Å². The van der Waals surface area contributed by atoms with Crippen LogP contribution in [0.4, 0.5) is 10.5 Å². The Bertz CT molecular complexity index is 527. The summed E-state index contributed by atoms with van der Waals surface area (Å²) in [5.41, 5.74) is 0.520. The Morgan fingerprint density at radius 1 is 1.53 bits per heavy atom. The molecule has 1 heterocycles. The number of benzene rings is 1. The minimum absolute atomic E-state index is 0.0544. The van der Waals surface area contributed by atoms with Gasteiger partial charge in [0.1, 0.15) is 12.2 Å². The van der Waals surface area contributed by atoms with Gasteiger partial charge in [-0.15, -0.1) is 6.58 Å². The fourth-order valence-electron chi connectivity index (χ4n) is 1.88. The quantitative estimate of drug-likeness (QED) is 0.809. The maximum atomic E-state index is 12.0. The van der Waals surface area contributed by atoms with Crippen LogP contribution in [0.25, 0.3) is 0 Å². The molecule has 2 rings (SSSR count).